The van der Waals surface area contributed by atoms with Crippen LogP contribution in [0, 0.1) is 0 Å². The Labute approximate surface area is 117 Å². The summed E-state index contributed by atoms with van der Waals surface area (Å²) in [5, 5.41) is 2.81. The second-order valence-corrected chi connectivity index (χ2v) is 5.24. The lowest BCUT2D eigenvalue weighted by atomic mass is 10.2. The minimum atomic E-state index is 0. The average Bonchev–Trinajstić information content (AvgIpc) is 2.38. The molecule has 112 valence electrons. The minimum absolute atomic E-state index is 0. The fraction of sp³-hybridized carbons (Fsp3) is 0.857. The molecular weight excluding hydrogens is 242 g/mol. The molecule has 19 heavy (non-hydrogen) atoms. The van der Waals surface area contributed by atoms with E-state index in [1.54, 1.807) is 13.8 Å². The van der Waals surface area contributed by atoms with Gasteiger partial charge in [0.1, 0.15) is 0 Å². The van der Waals surface area contributed by atoms with E-state index in [0.29, 0.717) is 0 Å². The van der Waals surface area contributed by atoms with E-state index >= 15 is 0 Å². The van der Waals surface area contributed by atoms with Gasteiger partial charge >= 0.3 is 0 Å². The molecule has 0 aromatic rings. The van der Waals surface area contributed by atoms with Crippen molar-refractivity contribution in [3.63, 3.8) is 0 Å². The van der Waals surface area contributed by atoms with Crippen molar-refractivity contribution in [2.45, 2.75) is 39.5 Å². The Balaban J connectivity index is 0.00000361. The molecule has 5 heteroatoms. The first-order valence-corrected chi connectivity index (χ1v) is 7.32. The maximum atomic E-state index is 11.2. The molecule has 1 N–H and O–H groups in total. The molecule has 0 unspecified atom stereocenters. The van der Waals surface area contributed by atoms with E-state index < -0.39 is 0 Å². The zero-order valence-electron chi connectivity index (χ0n) is 12.3. The molecule has 0 aromatic carbocycles. The van der Waals surface area contributed by atoms with Crippen LogP contribution in [-0.4, -0.2) is 60.9 Å². The van der Waals surface area contributed by atoms with Gasteiger partial charge in [0.25, 0.3) is 0 Å². The highest BCUT2D eigenvalue weighted by Crippen LogP contribution is 2.05. The largest absolute Gasteiger partial charge is 0.356 e. The minimum Gasteiger partial charge on any atom is -0.356 e. The molecule has 1 fully saturated rings. The molecule has 1 aliphatic rings. The van der Waals surface area contributed by atoms with Gasteiger partial charge in [0.05, 0.1) is 0 Å². The standard InChI is InChI=1S/C14H27N3O2.H2/c1-13(18)15-7-5-3-4-6-8-16-9-11-17(12-10-16)14(2)19;/h3-12H2,1-2H3,(H,15,18);1H. The smallest absolute Gasteiger partial charge is 0.219 e. The number of hydrogen-bond donors (Lipinski definition) is 1. The molecule has 1 saturated heterocycles. The van der Waals surface area contributed by atoms with Crippen molar-refractivity contribution >= 4 is 11.8 Å². The predicted molar refractivity (Wildman–Crippen MR) is 78.0 cm³/mol. The van der Waals surface area contributed by atoms with E-state index in [0.717, 1.165) is 45.7 Å². The summed E-state index contributed by atoms with van der Waals surface area (Å²) in [5.41, 5.74) is 0. The molecule has 0 atom stereocenters. The number of amides is 2. The number of carbonyl (C=O) groups is 2. The molecular formula is C14H29N3O2. The number of carbonyl (C=O) groups excluding carboxylic acids is 2. The Morgan fingerprint density at radius 1 is 1.00 bits per heavy atom. The summed E-state index contributed by atoms with van der Waals surface area (Å²) in [6, 6.07) is 0. The van der Waals surface area contributed by atoms with Gasteiger partial charge in [-0.1, -0.05) is 12.8 Å². The fourth-order valence-corrected chi connectivity index (χ4v) is 2.36. The van der Waals surface area contributed by atoms with Crippen LogP contribution < -0.4 is 5.32 Å². The summed E-state index contributed by atoms with van der Waals surface area (Å²) >= 11 is 0. The van der Waals surface area contributed by atoms with Gasteiger partial charge in [-0.25, -0.2) is 0 Å². The van der Waals surface area contributed by atoms with Crippen LogP contribution in [0.15, 0.2) is 0 Å². The molecule has 0 radical (unpaired) electrons. The van der Waals surface area contributed by atoms with E-state index in [-0.39, 0.29) is 13.2 Å². The highest BCUT2D eigenvalue weighted by molar-refractivity contribution is 5.73. The molecule has 1 rings (SSSR count). The lowest BCUT2D eigenvalue weighted by Crippen LogP contribution is -2.48. The van der Waals surface area contributed by atoms with Crippen molar-refractivity contribution in [2.75, 3.05) is 39.3 Å². The van der Waals surface area contributed by atoms with Crippen LogP contribution in [0.3, 0.4) is 0 Å². The molecule has 2 amide bonds. The van der Waals surface area contributed by atoms with Gasteiger partial charge in [-0.3, -0.25) is 14.5 Å². The number of rotatable bonds is 7. The van der Waals surface area contributed by atoms with Gasteiger partial charge in [-0.15, -0.1) is 0 Å². The van der Waals surface area contributed by atoms with Gasteiger partial charge in [0.2, 0.25) is 11.8 Å². The highest BCUT2D eigenvalue weighted by atomic mass is 16.2. The maximum Gasteiger partial charge on any atom is 0.219 e. The van der Waals surface area contributed by atoms with E-state index in [2.05, 4.69) is 10.2 Å². The quantitative estimate of drug-likeness (QED) is 0.705. The van der Waals surface area contributed by atoms with Gasteiger partial charge < -0.3 is 10.2 Å². The van der Waals surface area contributed by atoms with Crippen LogP contribution >= 0.6 is 0 Å². The van der Waals surface area contributed by atoms with Crippen LogP contribution in [0.2, 0.25) is 0 Å². The number of nitrogens with zero attached hydrogens (tertiary/aromatic N) is 2. The Hall–Kier alpha value is -1.10. The number of piperazine rings is 1. The summed E-state index contributed by atoms with van der Waals surface area (Å²) in [6.07, 6.45) is 4.66. The number of unbranched alkanes of at least 4 members (excludes halogenated alkanes) is 3. The van der Waals surface area contributed by atoms with Crippen molar-refractivity contribution in [3.05, 3.63) is 0 Å². The Morgan fingerprint density at radius 2 is 1.63 bits per heavy atom. The van der Waals surface area contributed by atoms with Crippen LogP contribution in [-0.2, 0) is 9.59 Å². The van der Waals surface area contributed by atoms with Gasteiger partial charge in [-0.2, -0.15) is 0 Å². The summed E-state index contributed by atoms with van der Waals surface area (Å²) < 4.78 is 0. The van der Waals surface area contributed by atoms with E-state index in [1.165, 1.54) is 19.3 Å². The number of nitrogens with one attached hydrogen (secondary N) is 1. The van der Waals surface area contributed by atoms with Gasteiger partial charge in [-0.05, 0) is 19.4 Å². The molecule has 0 spiro atoms. The zero-order chi connectivity index (χ0) is 14.1. The van der Waals surface area contributed by atoms with Gasteiger partial charge in [0.15, 0.2) is 0 Å². The third-order valence-corrected chi connectivity index (χ3v) is 3.59. The summed E-state index contributed by atoms with van der Waals surface area (Å²) in [5.74, 6) is 0.251. The van der Waals surface area contributed by atoms with Crippen LogP contribution in [0.5, 0.6) is 0 Å². The monoisotopic (exact) mass is 271 g/mol. The topological polar surface area (TPSA) is 52.7 Å². The van der Waals surface area contributed by atoms with Crippen molar-refractivity contribution in [3.8, 4) is 0 Å². The molecule has 1 heterocycles. The third kappa shape index (κ3) is 7.15. The average molecular weight is 271 g/mol. The first-order valence-electron chi connectivity index (χ1n) is 7.32. The molecule has 5 nitrogen and oxygen atoms in total. The number of hydrogen-bond acceptors (Lipinski definition) is 3. The lowest BCUT2D eigenvalue weighted by molar-refractivity contribution is -0.130. The van der Waals surface area contributed by atoms with E-state index in [1.807, 2.05) is 4.90 Å². The molecule has 0 aliphatic carbocycles. The summed E-state index contributed by atoms with van der Waals surface area (Å²) in [6.45, 7) is 8.89. The zero-order valence-corrected chi connectivity index (χ0v) is 12.3. The second-order valence-electron chi connectivity index (χ2n) is 5.24. The van der Waals surface area contributed by atoms with Crippen molar-refractivity contribution in [1.82, 2.24) is 15.1 Å². The van der Waals surface area contributed by atoms with E-state index in [9.17, 15) is 9.59 Å². The summed E-state index contributed by atoms with van der Waals surface area (Å²) in [7, 11) is 0. The molecule has 0 aromatic heterocycles. The molecule has 0 bridgehead atoms. The highest BCUT2D eigenvalue weighted by Gasteiger charge is 2.17. The Morgan fingerprint density at radius 3 is 2.21 bits per heavy atom. The first-order chi connectivity index (χ1) is 9.09. The normalized spacial score (nSPS) is 16.4. The lowest BCUT2D eigenvalue weighted by Gasteiger charge is -2.34. The fourth-order valence-electron chi connectivity index (χ4n) is 2.36. The first kappa shape index (κ1) is 16.0. The Bertz CT molecular complexity index is 292. The van der Waals surface area contributed by atoms with Crippen molar-refractivity contribution in [1.29, 1.82) is 0 Å². The molecule has 1 aliphatic heterocycles. The Kier molecular flexibility index (Phi) is 7.48. The predicted octanol–water partition coefficient (Wildman–Crippen LogP) is 1.09. The van der Waals surface area contributed by atoms with E-state index in [4.69, 9.17) is 0 Å². The van der Waals surface area contributed by atoms with Crippen molar-refractivity contribution < 1.29 is 11.0 Å². The van der Waals surface area contributed by atoms with Crippen LogP contribution in [0.4, 0.5) is 0 Å². The molecule has 0 saturated carbocycles. The summed E-state index contributed by atoms with van der Waals surface area (Å²) in [4.78, 5) is 26.2. The van der Waals surface area contributed by atoms with Crippen LogP contribution in [0.1, 0.15) is 41.0 Å². The van der Waals surface area contributed by atoms with Gasteiger partial charge in [0, 0.05) is 48.0 Å². The second kappa shape index (κ2) is 8.91. The van der Waals surface area contributed by atoms with Crippen LogP contribution in [0.25, 0.3) is 0 Å². The van der Waals surface area contributed by atoms with Crippen molar-refractivity contribution in [2.24, 2.45) is 0 Å². The third-order valence-electron chi connectivity index (χ3n) is 3.59. The SMILES string of the molecule is CC(=O)NCCCCCCN1CCN(C(C)=O)CC1.[HH]. The maximum absolute atomic E-state index is 11.2.